The Kier molecular flexibility index (Phi) is 6.52. The minimum Gasteiger partial charge on any atom is -0.380 e. The molecule has 2 aromatic rings. The number of piperazine rings is 1. The predicted molar refractivity (Wildman–Crippen MR) is 126 cm³/mol. The van der Waals surface area contributed by atoms with Crippen molar-refractivity contribution in [1.82, 2.24) is 20.1 Å². The summed E-state index contributed by atoms with van der Waals surface area (Å²) in [5, 5.41) is 5.96. The Hall–Kier alpha value is -3.14. The van der Waals surface area contributed by atoms with E-state index in [1.165, 1.54) is 28.3 Å². The van der Waals surface area contributed by atoms with Crippen molar-refractivity contribution < 1.29 is 22.8 Å². The van der Waals surface area contributed by atoms with Gasteiger partial charge in [0.2, 0.25) is 11.8 Å². The number of rotatable bonds is 5. The number of nitrogens with one attached hydrogen (secondary N) is 2. The van der Waals surface area contributed by atoms with Gasteiger partial charge in [0.05, 0.1) is 24.1 Å². The van der Waals surface area contributed by atoms with E-state index in [-0.39, 0.29) is 36.1 Å². The molecule has 1 aliphatic carbocycles. The fourth-order valence-corrected chi connectivity index (χ4v) is 5.06. The van der Waals surface area contributed by atoms with Crippen molar-refractivity contribution in [2.75, 3.05) is 32.5 Å². The van der Waals surface area contributed by atoms with Gasteiger partial charge in [-0.3, -0.25) is 19.5 Å². The molecule has 0 radical (unpaired) electrons. The van der Waals surface area contributed by atoms with E-state index < -0.39 is 24.2 Å². The van der Waals surface area contributed by atoms with Crippen molar-refractivity contribution in [3.8, 4) is 0 Å². The van der Waals surface area contributed by atoms with E-state index in [1.54, 1.807) is 13.1 Å². The zero-order valence-corrected chi connectivity index (χ0v) is 20.2. The van der Waals surface area contributed by atoms with Crippen molar-refractivity contribution >= 4 is 17.5 Å². The first-order valence-corrected chi connectivity index (χ1v) is 11.5. The standard InChI is InChI=1S/C25H30F3N5O2/c1-24(2)17-8-6-5-7-15(17)11-20(24)31-16-9-10-18(29-12-16)22(25(26,27)28)33(4)23(35)19-13-30-21(34)14-32(19)3/h5-10,12,19-20,22,31H,11,13-14H2,1-4H3,(H,30,34)/t19?,20-,22-/m1/s1. The SMILES string of the molecule is CN1CC(=O)NCC1C(=O)N(C)[C@H](c1ccc(N[C@@H]2Cc3ccccc3C2(C)C)cn1)C(F)(F)F. The monoisotopic (exact) mass is 489 g/mol. The number of carbonyl (C=O) groups is 2. The molecule has 1 saturated heterocycles. The Morgan fingerprint density at radius 3 is 2.57 bits per heavy atom. The summed E-state index contributed by atoms with van der Waals surface area (Å²) >= 11 is 0. The van der Waals surface area contributed by atoms with E-state index in [4.69, 9.17) is 0 Å². The minimum atomic E-state index is -4.72. The molecule has 2 amide bonds. The molecule has 2 aliphatic rings. The molecule has 0 bridgehead atoms. The van der Waals surface area contributed by atoms with Crippen LogP contribution < -0.4 is 10.6 Å². The van der Waals surface area contributed by atoms with Crippen LogP contribution in [0.2, 0.25) is 0 Å². The van der Waals surface area contributed by atoms with Crippen LogP contribution >= 0.6 is 0 Å². The molecular formula is C25H30F3N5O2. The van der Waals surface area contributed by atoms with Crippen LogP contribution in [0.25, 0.3) is 0 Å². The molecule has 35 heavy (non-hydrogen) atoms. The Morgan fingerprint density at radius 2 is 1.97 bits per heavy atom. The van der Waals surface area contributed by atoms with Crippen LogP contribution in [0.4, 0.5) is 18.9 Å². The molecule has 2 heterocycles. The summed E-state index contributed by atoms with van der Waals surface area (Å²) in [6.45, 7) is 4.19. The fourth-order valence-electron chi connectivity index (χ4n) is 5.06. The molecule has 1 aliphatic heterocycles. The molecular weight excluding hydrogens is 459 g/mol. The first-order chi connectivity index (χ1) is 16.4. The Balaban J connectivity index is 1.52. The van der Waals surface area contributed by atoms with E-state index in [1.807, 2.05) is 12.1 Å². The second-order valence-electron chi connectivity index (χ2n) is 9.88. The first kappa shape index (κ1) is 25.0. The van der Waals surface area contributed by atoms with Crippen molar-refractivity contribution in [2.24, 2.45) is 0 Å². The number of hydrogen-bond donors (Lipinski definition) is 2. The van der Waals surface area contributed by atoms with Crippen LogP contribution in [0.1, 0.15) is 36.7 Å². The zero-order valence-electron chi connectivity index (χ0n) is 20.2. The topological polar surface area (TPSA) is 77.6 Å². The predicted octanol–water partition coefficient (Wildman–Crippen LogP) is 2.89. The highest BCUT2D eigenvalue weighted by molar-refractivity contribution is 5.87. The van der Waals surface area contributed by atoms with Crippen LogP contribution in [0.3, 0.4) is 0 Å². The highest BCUT2D eigenvalue weighted by Crippen LogP contribution is 2.40. The van der Waals surface area contributed by atoms with Crippen molar-refractivity contribution in [2.45, 2.75) is 50.0 Å². The van der Waals surface area contributed by atoms with E-state index in [0.717, 1.165) is 13.5 Å². The maximum Gasteiger partial charge on any atom is 0.414 e. The fraction of sp³-hybridized carbons (Fsp3) is 0.480. The molecule has 0 spiro atoms. The summed E-state index contributed by atoms with van der Waals surface area (Å²) < 4.78 is 42.3. The van der Waals surface area contributed by atoms with Crippen LogP contribution in [-0.4, -0.2) is 72.0 Å². The highest BCUT2D eigenvalue weighted by atomic mass is 19.4. The van der Waals surface area contributed by atoms with Gasteiger partial charge in [-0.15, -0.1) is 0 Å². The smallest absolute Gasteiger partial charge is 0.380 e. The third-order valence-electron chi connectivity index (χ3n) is 7.16. The molecule has 1 aromatic carbocycles. The summed E-state index contributed by atoms with van der Waals surface area (Å²) in [5.74, 6) is -1.01. The molecule has 1 unspecified atom stereocenters. The third-order valence-corrected chi connectivity index (χ3v) is 7.16. The Bertz CT molecular complexity index is 1100. The van der Waals surface area contributed by atoms with Crippen molar-refractivity contribution in [3.63, 3.8) is 0 Å². The summed E-state index contributed by atoms with van der Waals surface area (Å²) in [6, 6.07) is 8.07. The van der Waals surface area contributed by atoms with Gasteiger partial charge in [0, 0.05) is 25.0 Å². The van der Waals surface area contributed by atoms with Crippen LogP contribution in [-0.2, 0) is 21.4 Å². The first-order valence-electron chi connectivity index (χ1n) is 11.5. The van der Waals surface area contributed by atoms with Gasteiger partial charge in [-0.25, -0.2) is 0 Å². The number of hydrogen-bond acceptors (Lipinski definition) is 5. The number of fused-ring (bicyclic) bond motifs is 1. The lowest BCUT2D eigenvalue weighted by atomic mass is 9.83. The molecule has 3 atom stereocenters. The molecule has 10 heteroatoms. The van der Waals surface area contributed by atoms with Gasteiger partial charge in [-0.1, -0.05) is 38.1 Å². The van der Waals surface area contributed by atoms with Gasteiger partial charge in [0.25, 0.3) is 0 Å². The van der Waals surface area contributed by atoms with Gasteiger partial charge in [0.15, 0.2) is 6.04 Å². The molecule has 1 fully saturated rings. The van der Waals surface area contributed by atoms with Gasteiger partial charge in [-0.05, 0) is 36.7 Å². The number of alkyl halides is 3. The van der Waals surface area contributed by atoms with Gasteiger partial charge < -0.3 is 15.5 Å². The number of benzene rings is 1. The number of pyridine rings is 1. The highest BCUT2D eigenvalue weighted by Gasteiger charge is 2.48. The Labute approximate surface area is 202 Å². The molecule has 7 nitrogen and oxygen atoms in total. The maximum absolute atomic E-state index is 14.1. The number of likely N-dealkylation sites (N-methyl/N-ethyl adjacent to an activating group) is 2. The molecule has 1 aromatic heterocycles. The molecule has 0 saturated carbocycles. The Morgan fingerprint density at radius 1 is 1.26 bits per heavy atom. The average Bonchev–Trinajstić information content (AvgIpc) is 3.03. The van der Waals surface area contributed by atoms with Crippen molar-refractivity contribution in [3.05, 3.63) is 59.4 Å². The second-order valence-corrected chi connectivity index (χ2v) is 9.88. The number of halogens is 3. The van der Waals surface area contributed by atoms with Crippen LogP contribution in [0, 0.1) is 0 Å². The van der Waals surface area contributed by atoms with Crippen LogP contribution in [0.15, 0.2) is 42.6 Å². The van der Waals surface area contributed by atoms with Gasteiger partial charge in [-0.2, -0.15) is 13.2 Å². The minimum absolute atomic E-state index is 0.0427. The van der Waals surface area contributed by atoms with E-state index in [2.05, 4.69) is 41.6 Å². The molecule has 188 valence electrons. The largest absolute Gasteiger partial charge is 0.414 e. The average molecular weight is 490 g/mol. The number of aromatic nitrogens is 1. The normalized spacial score (nSPS) is 22.8. The zero-order chi connectivity index (χ0) is 25.5. The van der Waals surface area contributed by atoms with Crippen molar-refractivity contribution in [1.29, 1.82) is 0 Å². The number of carbonyl (C=O) groups excluding carboxylic acids is 2. The molecule has 2 N–H and O–H groups in total. The summed E-state index contributed by atoms with van der Waals surface area (Å²) in [4.78, 5) is 30.7. The summed E-state index contributed by atoms with van der Waals surface area (Å²) in [5.41, 5.74) is 2.70. The second kappa shape index (κ2) is 9.14. The lowest BCUT2D eigenvalue weighted by Gasteiger charge is -2.37. The number of amides is 2. The summed E-state index contributed by atoms with van der Waals surface area (Å²) in [7, 11) is 2.66. The molecule has 4 rings (SSSR count). The van der Waals surface area contributed by atoms with E-state index >= 15 is 0 Å². The quantitative estimate of drug-likeness (QED) is 0.676. The van der Waals surface area contributed by atoms with Gasteiger partial charge in [0.1, 0.15) is 6.04 Å². The van der Waals surface area contributed by atoms with E-state index in [0.29, 0.717) is 10.6 Å². The summed E-state index contributed by atoms with van der Waals surface area (Å²) in [6.07, 6.45) is -2.53. The lowest BCUT2D eigenvalue weighted by Crippen LogP contribution is -2.59. The van der Waals surface area contributed by atoms with Gasteiger partial charge >= 0.3 is 6.18 Å². The number of anilines is 1. The van der Waals surface area contributed by atoms with E-state index in [9.17, 15) is 22.8 Å². The maximum atomic E-state index is 14.1. The number of nitrogens with zero attached hydrogens (tertiary/aromatic N) is 3. The van der Waals surface area contributed by atoms with Crippen LogP contribution in [0.5, 0.6) is 0 Å². The third kappa shape index (κ3) is 4.84. The lowest BCUT2D eigenvalue weighted by molar-refractivity contribution is -0.191.